The van der Waals surface area contributed by atoms with E-state index in [2.05, 4.69) is 15.4 Å². The predicted octanol–water partition coefficient (Wildman–Crippen LogP) is 3.24. The van der Waals surface area contributed by atoms with Crippen molar-refractivity contribution in [2.75, 3.05) is 29.7 Å². The monoisotopic (exact) mass is 612 g/mol. The molecule has 1 aliphatic heterocycles. The molecule has 4 rings (SSSR count). The number of carboxylic acid groups (broad SMARTS) is 1. The van der Waals surface area contributed by atoms with Gasteiger partial charge in [-0.1, -0.05) is 12.1 Å². The summed E-state index contributed by atoms with van der Waals surface area (Å²) in [6, 6.07) is 12.8. The van der Waals surface area contributed by atoms with Gasteiger partial charge >= 0.3 is 12.1 Å². The number of hydrogen-bond donors (Lipinski definition) is 4. The lowest BCUT2D eigenvalue weighted by Gasteiger charge is -2.18. The Hall–Kier alpha value is -4.14. The topological polar surface area (TPSA) is 162 Å². The highest BCUT2D eigenvalue weighted by molar-refractivity contribution is 7.92. The summed E-state index contributed by atoms with van der Waals surface area (Å²) >= 11 is 0. The molecule has 4 N–H and O–H groups in total. The molecular weight excluding hydrogens is 581 g/mol. The molecule has 228 valence electrons. The summed E-state index contributed by atoms with van der Waals surface area (Å²) in [5.74, 6) is -2.84. The van der Waals surface area contributed by atoms with Crippen LogP contribution in [0.4, 0.5) is 24.5 Å². The Morgan fingerprint density at radius 2 is 1.57 bits per heavy atom. The Kier molecular flexibility index (Phi) is 10.2. The normalized spacial score (nSPS) is 15.7. The highest BCUT2D eigenvalue weighted by Crippen LogP contribution is 2.48. The Morgan fingerprint density at radius 1 is 1.00 bits per heavy atom. The number of alkyl halides is 3. The summed E-state index contributed by atoms with van der Waals surface area (Å²) in [7, 11) is -3.80. The number of benzene rings is 2. The van der Waals surface area contributed by atoms with Crippen LogP contribution in [-0.2, 0) is 34.6 Å². The van der Waals surface area contributed by atoms with Gasteiger partial charge in [-0.15, -0.1) is 0 Å². The largest absolute Gasteiger partial charge is 0.490 e. The van der Waals surface area contributed by atoms with Gasteiger partial charge in [0.05, 0.1) is 10.3 Å². The minimum Gasteiger partial charge on any atom is -0.475 e. The number of nitrogens with one attached hydrogen (secondary N) is 3. The van der Waals surface area contributed by atoms with E-state index in [0.29, 0.717) is 30.9 Å². The molecule has 42 heavy (non-hydrogen) atoms. The van der Waals surface area contributed by atoms with E-state index >= 15 is 0 Å². The molecule has 1 saturated carbocycles. The minimum atomic E-state index is -5.08. The lowest BCUT2D eigenvalue weighted by atomic mass is 9.95. The Morgan fingerprint density at radius 3 is 2.05 bits per heavy atom. The summed E-state index contributed by atoms with van der Waals surface area (Å²) in [5, 5.41) is 12.7. The molecule has 0 unspecified atom stereocenters. The van der Waals surface area contributed by atoms with Crippen LogP contribution in [0, 0.1) is 0 Å². The van der Waals surface area contributed by atoms with Crippen molar-refractivity contribution in [2.45, 2.75) is 55.5 Å². The zero-order valence-electron chi connectivity index (χ0n) is 22.7. The SMILES string of the molecule is CC(=O)Nc1ccc(S(=O)(=O)Nc2ccc(C3(C(=O)NCCCN4CCCC4=O)CC3)cc2)cc1.O=C(O)C(F)(F)F. The number of carbonyl (C=O) groups is 4. The van der Waals surface area contributed by atoms with Crippen LogP contribution in [0.5, 0.6) is 0 Å². The van der Waals surface area contributed by atoms with Crippen molar-refractivity contribution in [3.8, 4) is 0 Å². The molecule has 3 amide bonds. The van der Waals surface area contributed by atoms with Gasteiger partial charge in [0.1, 0.15) is 0 Å². The summed E-state index contributed by atoms with van der Waals surface area (Å²) in [6.45, 7) is 3.36. The first-order chi connectivity index (χ1) is 19.6. The molecule has 0 bridgehead atoms. The Labute approximate surface area is 240 Å². The molecule has 2 aromatic carbocycles. The van der Waals surface area contributed by atoms with Crippen LogP contribution in [0.15, 0.2) is 53.4 Å². The van der Waals surface area contributed by atoms with Crippen LogP contribution in [-0.4, -0.2) is 67.9 Å². The highest BCUT2D eigenvalue weighted by Gasteiger charge is 2.51. The summed E-state index contributed by atoms with van der Waals surface area (Å²) in [4.78, 5) is 46.5. The van der Waals surface area contributed by atoms with Crippen molar-refractivity contribution in [1.29, 1.82) is 0 Å². The average molecular weight is 613 g/mol. The van der Waals surface area contributed by atoms with E-state index in [1.165, 1.54) is 31.2 Å². The lowest BCUT2D eigenvalue weighted by Crippen LogP contribution is -2.36. The molecule has 2 fully saturated rings. The van der Waals surface area contributed by atoms with Crippen molar-refractivity contribution >= 4 is 45.1 Å². The smallest absolute Gasteiger partial charge is 0.475 e. The number of anilines is 2. The molecule has 0 spiro atoms. The van der Waals surface area contributed by atoms with Gasteiger partial charge in [0, 0.05) is 44.4 Å². The van der Waals surface area contributed by atoms with E-state index in [0.717, 1.165) is 37.8 Å². The predicted molar refractivity (Wildman–Crippen MR) is 146 cm³/mol. The van der Waals surface area contributed by atoms with Crippen LogP contribution in [0.2, 0.25) is 0 Å². The summed E-state index contributed by atoms with van der Waals surface area (Å²) in [5.41, 5.74) is 1.19. The number of carboxylic acids is 1. The molecule has 0 aromatic heterocycles. The fourth-order valence-corrected chi connectivity index (χ4v) is 5.40. The first kappa shape index (κ1) is 32.4. The fourth-order valence-electron chi connectivity index (χ4n) is 4.35. The van der Waals surface area contributed by atoms with Crippen LogP contribution in [0.25, 0.3) is 0 Å². The summed E-state index contributed by atoms with van der Waals surface area (Å²) in [6.07, 6.45) is -1.34. The van der Waals surface area contributed by atoms with E-state index in [1.54, 1.807) is 24.3 Å². The van der Waals surface area contributed by atoms with Gasteiger partial charge in [-0.05, 0) is 67.6 Å². The number of hydrogen-bond acceptors (Lipinski definition) is 6. The van der Waals surface area contributed by atoms with E-state index in [9.17, 15) is 36.0 Å². The van der Waals surface area contributed by atoms with Crippen molar-refractivity contribution in [3.05, 3.63) is 54.1 Å². The molecule has 0 radical (unpaired) electrons. The number of aliphatic carboxylic acids is 1. The molecule has 1 aliphatic carbocycles. The first-order valence-electron chi connectivity index (χ1n) is 13.0. The number of likely N-dealkylation sites (tertiary alicyclic amines) is 1. The lowest BCUT2D eigenvalue weighted by molar-refractivity contribution is -0.192. The van der Waals surface area contributed by atoms with Gasteiger partial charge < -0.3 is 20.6 Å². The summed E-state index contributed by atoms with van der Waals surface area (Å²) < 4.78 is 59.7. The third kappa shape index (κ3) is 8.68. The van der Waals surface area contributed by atoms with Crippen LogP contribution in [0.1, 0.15) is 44.6 Å². The second kappa shape index (κ2) is 13.2. The van der Waals surface area contributed by atoms with E-state index in [1.807, 2.05) is 4.90 Å². The van der Waals surface area contributed by atoms with Gasteiger partial charge in [0.15, 0.2) is 0 Å². The third-order valence-corrected chi connectivity index (χ3v) is 8.06. The molecule has 0 atom stereocenters. The van der Waals surface area contributed by atoms with Gasteiger partial charge in [-0.3, -0.25) is 19.1 Å². The van der Waals surface area contributed by atoms with Gasteiger partial charge in [-0.25, -0.2) is 13.2 Å². The Balaban J connectivity index is 0.000000616. The molecule has 2 aromatic rings. The number of sulfonamides is 1. The quantitative estimate of drug-likeness (QED) is 0.300. The van der Waals surface area contributed by atoms with Crippen molar-refractivity contribution < 1.29 is 45.9 Å². The maximum Gasteiger partial charge on any atom is 0.490 e. The second-order valence-electron chi connectivity index (χ2n) is 9.87. The van der Waals surface area contributed by atoms with Crippen LogP contribution >= 0.6 is 0 Å². The Bertz CT molecular complexity index is 1410. The van der Waals surface area contributed by atoms with Crippen LogP contribution in [0.3, 0.4) is 0 Å². The van der Waals surface area contributed by atoms with Crippen molar-refractivity contribution in [1.82, 2.24) is 10.2 Å². The van der Waals surface area contributed by atoms with Crippen molar-refractivity contribution in [2.24, 2.45) is 0 Å². The molecule has 1 heterocycles. The number of halogens is 3. The highest BCUT2D eigenvalue weighted by atomic mass is 32.2. The number of carbonyl (C=O) groups excluding carboxylic acids is 3. The number of rotatable bonds is 10. The fraction of sp³-hybridized carbons (Fsp3) is 0.407. The van der Waals surface area contributed by atoms with Crippen molar-refractivity contribution in [3.63, 3.8) is 0 Å². The molecule has 2 aliphatic rings. The molecule has 1 saturated heterocycles. The first-order valence-corrected chi connectivity index (χ1v) is 14.5. The van der Waals surface area contributed by atoms with E-state index < -0.39 is 27.6 Å². The molecule has 15 heteroatoms. The third-order valence-electron chi connectivity index (χ3n) is 6.66. The van der Waals surface area contributed by atoms with Gasteiger partial charge in [0.2, 0.25) is 17.7 Å². The van der Waals surface area contributed by atoms with E-state index in [-0.39, 0.29) is 22.6 Å². The van der Waals surface area contributed by atoms with Crippen LogP contribution < -0.4 is 15.4 Å². The second-order valence-corrected chi connectivity index (χ2v) is 11.5. The average Bonchev–Trinajstić information content (AvgIpc) is 3.62. The zero-order valence-corrected chi connectivity index (χ0v) is 23.5. The minimum absolute atomic E-state index is 0.0298. The number of amides is 3. The maximum atomic E-state index is 12.9. The molecule has 11 nitrogen and oxygen atoms in total. The standard InChI is InChI=1S/C25H30N4O5S.C2HF3O2/c1-18(30)27-20-9-11-22(12-10-20)35(33,34)28-21-7-5-19(6-8-21)25(13-14-25)24(32)26-15-3-17-29-16-2-4-23(29)31;3-2(4,5)1(6)7/h5-12,28H,2-4,13-17H2,1H3,(H,26,32)(H,27,30);(H,6,7). The zero-order chi connectivity index (χ0) is 31.1. The molecular formula is C27H31F3N4O7S. The van der Waals surface area contributed by atoms with Gasteiger partial charge in [0.25, 0.3) is 10.0 Å². The maximum absolute atomic E-state index is 12.9. The van der Waals surface area contributed by atoms with E-state index in [4.69, 9.17) is 9.90 Å². The number of nitrogens with zero attached hydrogens (tertiary/aromatic N) is 1. The van der Waals surface area contributed by atoms with Gasteiger partial charge in [-0.2, -0.15) is 13.2 Å².